The van der Waals surface area contributed by atoms with Crippen LogP contribution >= 0.6 is 0 Å². The quantitative estimate of drug-likeness (QED) is 0.465. The standard InChI is InChI=1S/C12H24O2/c1-5-6-7-8-14-12(13)11(4)9-10(2)3/h10-11H,5-9H2,1-4H3. The van der Waals surface area contributed by atoms with Crippen molar-refractivity contribution in [2.24, 2.45) is 11.8 Å². The molecule has 1 atom stereocenters. The molecule has 0 amide bonds. The summed E-state index contributed by atoms with van der Waals surface area (Å²) in [4.78, 5) is 11.4. The first-order valence-electron chi connectivity index (χ1n) is 5.74. The van der Waals surface area contributed by atoms with Crippen LogP contribution in [0.3, 0.4) is 0 Å². The van der Waals surface area contributed by atoms with Gasteiger partial charge in [-0.25, -0.2) is 0 Å². The third-order valence-corrected chi connectivity index (χ3v) is 2.22. The number of unbranched alkanes of at least 4 members (excludes halogenated alkanes) is 2. The van der Waals surface area contributed by atoms with Crippen molar-refractivity contribution in [2.75, 3.05) is 6.61 Å². The van der Waals surface area contributed by atoms with Crippen LogP contribution in [0, 0.1) is 11.8 Å². The van der Waals surface area contributed by atoms with Gasteiger partial charge in [-0.3, -0.25) is 4.79 Å². The van der Waals surface area contributed by atoms with Gasteiger partial charge in [0.25, 0.3) is 0 Å². The molecule has 0 aromatic rings. The fourth-order valence-corrected chi connectivity index (χ4v) is 1.47. The molecule has 0 spiro atoms. The molecular weight excluding hydrogens is 176 g/mol. The Morgan fingerprint density at radius 2 is 1.86 bits per heavy atom. The van der Waals surface area contributed by atoms with Crippen molar-refractivity contribution in [1.82, 2.24) is 0 Å². The number of hydrogen-bond donors (Lipinski definition) is 0. The van der Waals surface area contributed by atoms with Crippen molar-refractivity contribution < 1.29 is 9.53 Å². The first-order chi connectivity index (χ1) is 6.57. The van der Waals surface area contributed by atoms with Crippen molar-refractivity contribution in [3.63, 3.8) is 0 Å². The van der Waals surface area contributed by atoms with Crippen molar-refractivity contribution in [2.45, 2.75) is 53.4 Å². The first-order valence-corrected chi connectivity index (χ1v) is 5.74. The Morgan fingerprint density at radius 1 is 1.21 bits per heavy atom. The van der Waals surface area contributed by atoms with E-state index in [1.165, 1.54) is 6.42 Å². The zero-order valence-corrected chi connectivity index (χ0v) is 10.0. The van der Waals surface area contributed by atoms with Crippen molar-refractivity contribution in [1.29, 1.82) is 0 Å². The number of carbonyl (C=O) groups is 1. The highest BCUT2D eigenvalue weighted by atomic mass is 16.5. The Morgan fingerprint density at radius 3 is 2.36 bits per heavy atom. The van der Waals surface area contributed by atoms with E-state index in [0.717, 1.165) is 19.3 Å². The summed E-state index contributed by atoms with van der Waals surface area (Å²) in [5, 5.41) is 0. The Bertz CT molecular complexity index is 152. The molecule has 0 saturated carbocycles. The SMILES string of the molecule is CCCCCOC(=O)C(C)CC(C)C. The van der Waals surface area contributed by atoms with E-state index in [1.807, 2.05) is 6.92 Å². The largest absolute Gasteiger partial charge is 0.465 e. The molecule has 1 unspecified atom stereocenters. The van der Waals surface area contributed by atoms with Crippen LogP contribution in [0.4, 0.5) is 0 Å². The molecule has 2 nitrogen and oxygen atoms in total. The molecule has 0 fully saturated rings. The monoisotopic (exact) mass is 200 g/mol. The van der Waals surface area contributed by atoms with Crippen molar-refractivity contribution >= 4 is 5.97 Å². The third-order valence-electron chi connectivity index (χ3n) is 2.22. The summed E-state index contributed by atoms with van der Waals surface area (Å²) in [5.74, 6) is 0.583. The molecule has 0 radical (unpaired) electrons. The van der Waals surface area contributed by atoms with Crippen LogP contribution in [0.15, 0.2) is 0 Å². The summed E-state index contributed by atoms with van der Waals surface area (Å²) < 4.78 is 5.17. The first kappa shape index (κ1) is 13.5. The summed E-state index contributed by atoms with van der Waals surface area (Å²) in [6.07, 6.45) is 4.23. The smallest absolute Gasteiger partial charge is 0.308 e. The predicted octanol–water partition coefficient (Wildman–Crippen LogP) is 3.40. The molecule has 0 aliphatic heterocycles. The molecule has 0 saturated heterocycles. The van der Waals surface area contributed by atoms with Crippen LogP contribution < -0.4 is 0 Å². The highest BCUT2D eigenvalue weighted by Gasteiger charge is 2.15. The van der Waals surface area contributed by atoms with E-state index in [9.17, 15) is 4.79 Å². The average molecular weight is 200 g/mol. The van der Waals surface area contributed by atoms with Crippen molar-refractivity contribution in [3.05, 3.63) is 0 Å². The average Bonchev–Trinajstić information content (AvgIpc) is 2.11. The van der Waals surface area contributed by atoms with E-state index >= 15 is 0 Å². The van der Waals surface area contributed by atoms with E-state index in [1.54, 1.807) is 0 Å². The van der Waals surface area contributed by atoms with Gasteiger partial charge < -0.3 is 4.74 Å². The lowest BCUT2D eigenvalue weighted by atomic mass is 9.99. The summed E-state index contributed by atoms with van der Waals surface area (Å²) in [5.41, 5.74) is 0. The normalized spacial score (nSPS) is 12.9. The number of carbonyl (C=O) groups excluding carboxylic acids is 1. The zero-order valence-electron chi connectivity index (χ0n) is 10.0. The summed E-state index contributed by atoms with van der Waals surface area (Å²) in [6, 6.07) is 0. The van der Waals surface area contributed by atoms with Gasteiger partial charge in [0.15, 0.2) is 0 Å². The Balaban J connectivity index is 3.52. The Labute approximate surface area is 88.0 Å². The molecule has 14 heavy (non-hydrogen) atoms. The van der Waals surface area contributed by atoms with E-state index in [0.29, 0.717) is 12.5 Å². The van der Waals surface area contributed by atoms with Crippen LogP contribution in [0.2, 0.25) is 0 Å². The molecule has 0 aromatic carbocycles. The molecule has 0 heterocycles. The van der Waals surface area contributed by atoms with Crippen LogP contribution in [0.1, 0.15) is 53.4 Å². The van der Waals surface area contributed by atoms with E-state index in [2.05, 4.69) is 20.8 Å². The Hall–Kier alpha value is -0.530. The predicted molar refractivity (Wildman–Crippen MR) is 59.1 cm³/mol. The fourth-order valence-electron chi connectivity index (χ4n) is 1.47. The van der Waals surface area contributed by atoms with Crippen molar-refractivity contribution in [3.8, 4) is 0 Å². The molecular formula is C12H24O2. The highest BCUT2D eigenvalue weighted by molar-refractivity contribution is 5.71. The van der Waals surface area contributed by atoms with Crippen LogP contribution in [0.5, 0.6) is 0 Å². The molecule has 84 valence electrons. The van der Waals surface area contributed by atoms with Crippen LogP contribution in [-0.2, 0) is 9.53 Å². The van der Waals surface area contributed by atoms with Gasteiger partial charge in [0.1, 0.15) is 0 Å². The minimum atomic E-state index is -0.0326. The van der Waals surface area contributed by atoms with Crippen LogP contribution in [0.25, 0.3) is 0 Å². The molecule has 0 aromatic heterocycles. The van der Waals surface area contributed by atoms with Crippen LogP contribution in [-0.4, -0.2) is 12.6 Å². The minimum absolute atomic E-state index is 0.0326. The molecule has 0 aliphatic carbocycles. The summed E-state index contributed by atoms with van der Waals surface area (Å²) in [7, 11) is 0. The number of esters is 1. The minimum Gasteiger partial charge on any atom is -0.465 e. The summed E-state index contributed by atoms with van der Waals surface area (Å²) >= 11 is 0. The third kappa shape index (κ3) is 6.93. The maximum absolute atomic E-state index is 11.4. The van der Waals surface area contributed by atoms with Gasteiger partial charge in [0.05, 0.1) is 12.5 Å². The second kappa shape index (κ2) is 7.84. The molecule has 0 bridgehead atoms. The second-order valence-corrected chi connectivity index (χ2v) is 4.41. The van der Waals surface area contributed by atoms with Gasteiger partial charge in [0.2, 0.25) is 0 Å². The van der Waals surface area contributed by atoms with Gasteiger partial charge in [-0.2, -0.15) is 0 Å². The maximum atomic E-state index is 11.4. The van der Waals surface area contributed by atoms with E-state index in [4.69, 9.17) is 4.74 Å². The van der Waals surface area contributed by atoms with Gasteiger partial charge in [-0.05, 0) is 18.8 Å². The number of rotatable bonds is 7. The maximum Gasteiger partial charge on any atom is 0.308 e. The fraction of sp³-hybridized carbons (Fsp3) is 0.917. The Kier molecular flexibility index (Phi) is 7.54. The lowest BCUT2D eigenvalue weighted by molar-refractivity contribution is -0.148. The lowest BCUT2D eigenvalue weighted by Gasteiger charge is -2.13. The zero-order chi connectivity index (χ0) is 11.0. The van der Waals surface area contributed by atoms with E-state index < -0.39 is 0 Å². The van der Waals surface area contributed by atoms with E-state index in [-0.39, 0.29) is 11.9 Å². The van der Waals surface area contributed by atoms with Gasteiger partial charge >= 0.3 is 5.97 Å². The molecule has 0 rings (SSSR count). The molecule has 2 heteroatoms. The lowest BCUT2D eigenvalue weighted by Crippen LogP contribution is -2.17. The number of ether oxygens (including phenoxy) is 1. The van der Waals surface area contributed by atoms with Gasteiger partial charge in [-0.15, -0.1) is 0 Å². The molecule has 0 aliphatic rings. The van der Waals surface area contributed by atoms with Gasteiger partial charge in [0, 0.05) is 0 Å². The summed E-state index contributed by atoms with van der Waals surface area (Å²) in [6.45, 7) is 8.93. The van der Waals surface area contributed by atoms with Gasteiger partial charge in [-0.1, -0.05) is 40.5 Å². The number of hydrogen-bond acceptors (Lipinski definition) is 2. The second-order valence-electron chi connectivity index (χ2n) is 4.41. The highest BCUT2D eigenvalue weighted by Crippen LogP contribution is 2.12. The molecule has 0 N–H and O–H groups in total. The topological polar surface area (TPSA) is 26.3 Å².